The van der Waals surface area contributed by atoms with Crippen LogP contribution in [-0.2, 0) is 14.3 Å². The van der Waals surface area contributed by atoms with E-state index in [0.29, 0.717) is 25.6 Å². The summed E-state index contributed by atoms with van der Waals surface area (Å²) < 4.78 is 15.8. The monoisotopic (exact) mass is 349 g/mol. The third-order valence-electron chi connectivity index (χ3n) is 4.90. The summed E-state index contributed by atoms with van der Waals surface area (Å²) in [5.41, 5.74) is 1.25. The van der Waals surface area contributed by atoms with E-state index in [-0.39, 0.29) is 12.0 Å². The van der Waals surface area contributed by atoms with Crippen molar-refractivity contribution in [2.24, 2.45) is 5.92 Å². The van der Waals surface area contributed by atoms with E-state index in [2.05, 4.69) is 24.1 Å². The Labute approximate surface area is 151 Å². The number of carbonyl (C=O) groups excluding carboxylic acids is 1. The lowest BCUT2D eigenvalue weighted by Gasteiger charge is -2.39. The summed E-state index contributed by atoms with van der Waals surface area (Å²) in [6.07, 6.45) is 4.40. The minimum absolute atomic E-state index is 0.0992. The van der Waals surface area contributed by atoms with Crippen molar-refractivity contribution >= 4 is 5.97 Å². The minimum atomic E-state index is -0.0992. The lowest BCUT2D eigenvalue weighted by Crippen LogP contribution is -2.38. The highest BCUT2D eigenvalue weighted by molar-refractivity contribution is 5.69. The molecule has 1 heterocycles. The summed E-state index contributed by atoms with van der Waals surface area (Å²) in [7, 11) is 5.50. The number of unbranched alkanes of at least 4 members (excludes halogenated alkanes) is 1. The first-order chi connectivity index (χ1) is 12.2. The van der Waals surface area contributed by atoms with Crippen molar-refractivity contribution in [3.63, 3.8) is 0 Å². The third kappa shape index (κ3) is 6.01. The van der Waals surface area contributed by atoms with E-state index in [0.717, 1.165) is 38.0 Å². The van der Waals surface area contributed by atoms with Gasteiger partial charge < -0.3 is 14.2 Å². The van der Waals surface area contributed by atoms with Crippen LogP contribution in [0.5, 0.6) is 5.75 Å². The van der Waals surface area contributed by atoms with Gasteiger partial charge in [0.05, 0.1) is 13.7 Å². The average molecular weight is 349 g/mol. The number of hydrogen-bond donors (Lipinski definition) is 0. The molecule has 140 valence electrons. The van der Waals surface area contributed by atoms with Crippen molar-refractivity contribution in [3.8, 4) is 5.75 Å². The van der Waals surface area contributed by atoms with Gasteiger partial charge in [0.1, 0.15) is 5.75 Å². The molecule has 1 aromatic rings. The van der Waals surface area contributed by atoms with Crippen molar-refractivity contribution < 1.29 is 19.0 Å². The highest BCUT2D eigenvalue weighted by Gasteiger charge is 2.31. The second-order valence-electron chi connectivity index (χ2n) is 6.73. The molecule has 1 fully saturated rings. The van der Waals surface area contributed by atoms with Gasteiger partial charge in [-0.05, 0) is 57.0 Å². The molecule has 0 spiro atoms. The summed E-state index contributed by atoms with van der Waals surface area (Å²) in [6, 6.07) is 8.50. The van der Waals surface area contributed by atoms with Crippen LogP contribution in [-0.4, -0.2) is 51.9 Å². The van der Waals surface area contributed by atoms with Crippen LogP contribution >= 0.6 is 0 Å². The SMILES string of the molecule is COCCCCC(=O)OCC1CCCN(C)C1c1ccc(OC)cc1. The number of esters is 1. The number of nitrogens with zero attached hydrogens (tertiary/aromatic N) is 1. The Morgan fingerprint density at radius 1 is 1.20 bits per heavy atom. The fourth-order valence-corrected chi connectivity index (χ4v) is 3.55. The zero-order chi connectivity index (χ0) is 18.1. The fourth-order valence-electron chi connectivity index (χ4n) is 3.55. The van der Waals surface area contributed by atoms with E-state index in [9.17, 15) is 4.79 Å². The van der Waals surface area contributed by atoms with E-state index < -0.39 is 0 Å². The molecule has 1 aliphatic heterocycles. The number of methoxy groups -OCH3 is 2. The minimum Gasteiger partial charge on any atom is -0.497 e. The predicted molar refractivity (Wildman–Crippen MR) is 97.8 cm³/mol. The van der Waals surface area contributed by atoms with Gasteiger partial charge in [-0.25, -0.2) is 0 Å². The standard InChI is InChI=1S/C20H31NO4/c1-21-13-6-7-17(15-25-19(22)8-4-5-14-23-2)20(21)16-9-11-18(24-3)12-10-16/h9-12,17,20H,4-8,13-15H2,1-3H3. The number of rotatable bonds is 9. The smallest absolute Gasteiger partial charge is 0.305 e. The molecule has 1 saturated heterocycles. The Hall–Kier alpha value is -1.59. The fraction of sp³-hybridized carbons (Fsp3) is 0.650. The van der Waals surface area contributed by atoms with Gasteiger partial charge in [0, 0.05) is 32.1 Å². The van der Waals surface area contributed by atoms with E-state index in [4.69, 9.17) is 14.2 Å². The van der Waals surface area contributed by atoms with Gasteiger partial charge in [-0.2, -0.15) is 0 Å². The molecule has 0 aromatic heterocycles. The second-order valence-corrected chi connectivity index (χ2v) is 6.73. The first kappa shape index (κ1) is 19.7. The molecule has 2 rings (SSSR count). The topological polar surface area (TPSA) is 48.0 Å². The predicted octanol–water partition coefficient (Wildman–Crippen LogP) is 3.44. The Morgan fingerprint density at radius 2 is 1.96 bits per heavy atom. The Kier molecular flexibility index (Phi) is 8.22. The molecule has 0 amide bonds. The molecule has 2 atom stereocenters. The third-order valence-corrected chi connectivity index (χ3v) is 4.90. The van der Waals surface area contributed by atoms with Crippen LogP contribution < -0.4 is 4.74 Å². The summed E-state index contributed by atoms with van der Waals surface area (Å²) in [5, 5.41) is 0. The van der Waals surface area contributed by atoms with Crippen molar-refractivity contribution in [1.29, 1.82) is 0 Å². The summed E-state index contributed by atoms with van der Waals surface area (Å²) >= 11 is 0. The van der Waals surface area contributed by atoms with Gasteiger partial charge in [0.25, 0.3) is 0 Å². The van der Waals surface area contributed by atoms with Gasteiger partial charge in [-0.1, -0.05) is 12.1 Å². The van der Waals surface area contributed by atoms with Gasteiger partial charge in [-0.15, -0.1) is 0 Å². The highest BCUT2D eigenvalue weighted by Crippen LogP contribution is 2.35. The van der Waals surface area contributed by atoms with Crippen LogP contribution in [0.3, 0.4) is 0 Å². The van der Waals surface area contributed by atoms with Gasteiger partial charge >= 0.3 is 5.97 Å². The molecule has 0 aliphatic carbocycles. The molecule has 1 aliphatic rings. The van der Waals surface area contributed by atoms with Crippen LogP contribution in [0.2, 0.25) is 0 Å². The lowest BCUT2D eigenvalue weighted by atomic mass is 9.85. The largest absolute Gasteiger partial charge is 0.497 e. The van der Waals surface area contributed by atoms with Crippen molar-refractivity contribution in [2.45, 2.75) is 38.1 Å². The summed E-state index contributed by atoms with van der Waals surface area (Å²) in [4.78, 5) is 14.3. The number of likely N-dealkylation sites (tertiary alicyclic amines) is 1. The molecule has 0 saturated carbocycles. The van der Waals surface area contributed by atoms with Crippen LogP contribution in [0.15, 0.2) is 24.3 Å². The zero-order valence-corrected chi connectivity index (χ0v) is 15.7. The number of piperidine rings is 1. The molecule has 0 radical (unpaired) electrons. The molecule has 1 aromatic carbocycles. The first-order valence-electron chi connectivity index (χ1n) is 9.14. The Morgan fingerprint density at radius 3 is 2.64 bits per heavy atom. The maximum atomic E-state index is 12.0. The average Bonchev–Trinajstić information content (AvgIpc) is 2.64. The van der Waals surface area contributed by atoms with Crippen LogP contribution in [0.4, 0.5) is 0 Å². The molecule has 0 bridgehead atoms. The number of carbonyl (C=O) groups is 1. The molecule has 5 heteroatoms. The van der Waals surface area contributed by atoms with Crippen LogP contribution in [0.25, 0.3) is 0 Å². The number of benzene rings is 1. The molecule has 2 unspecified atom stereocenters. The lowest BCUT2D eigenvalue weighted by molar-refractivity contribution is -0.146. The van der Waals surface area contributed by atoms with Gasteiger partial charge in [0.15, 0.2) is 0 Å². The van der Waals surface area contributed by atoms with Gasteiger partial charge in [0.2, 0.25) is 0 Å². The van der Waals surface area contributed by atoms with Crippen molar-refractivity contribution in [1.82, 2.24) is 4.90 Å². The molecular formula is C20H31NO4. The summed E-state index contributed by atoms with van der Waals surface area (Å²) in [5.74, 6) is 1.09. The van der Waals surface area contributed by atoms with Crippen LogP contribution in [0.1, 0.15) is 43.7 Å². The highest BCUT2D eigenvalue weighted by atomic mass is 16.5. The molecule has 0 N–H and O–H groups in total. The summed E-state index contributed by atoms with van der Waals surface area (Å²) in [6.45, 7) is 2.25. The Bertz CT molecular complexity index is 517. The van der Waals surface area contributed by atoms with Gasteiger partial charge in [-0.3, -0.25) is 9.69 Å². The van der Waals surface area contributed by atoms with Crippen molar-refractivity contribution in [3.05, 3.63) is 29.8 Å². The van der Waals surface area contributed by atoms with E-state index in [1.807, 2.05) is 12.1 Å². The maximum Gasteiger partial charge on any atom is 0.305 e. The first-order valence-corrected chi connectivity index (χ1v) is 9.14. The number of hydrogen-bond acceptors (Lipinski definition) is 5. The number of ether oxygens (including phenoxy) is 3. The molecule has 5 nitrogen and oxygen atoms in total. The quantitative estimate of drug-likeness (QED) is 0.505. The zero-order valence-electron chi connectivity index (χ0n) is 15.7. The molecule has 25 heavy (non-hydrogen) atoms. The van der Waals surface area contributed by atoms with E-state index >= 15 is 0 Å². The van der Waals surface area contributed by atoms with E-state index in [1.165, 1.54) is 5.56 Å². The van der Waals surface area contributed by atoms with Crippen molar-refractivity contribution in [2.75, 3.05) is 41.0 Å². The molecular weight excluding hydrogens is 318 g/mol. The normalized spacial score (nSPS) is 21.1. The maximum absolute atomic E-state index is 12.0. The second kappa shape index (κ2) is 10.4. The van der Waals surface area contributed by atoms with Crippen LogP contribution in [0, 0.1) is 5.92 Å². The Balaban J connectivity index is 1.91. The van der Waals surface area contributed by atoms with E-state index in [1.54, 1.807) is 14.2 Å².